The first-order valence-electron chi connectivity index (χ1n) is 4.23. The number of hydrogen-bond donors (Lipinski definition) is 0. The van der Waals surface area contributed by atoms with Gasteiger partial charge < -0.3 is 5.21 Å². The molecule has 0 N–H and O–H groups in total. The molecule has 0 unspecified atom stereocenters. The minimum Gasteiger partial charge on any atom is -0.359 e. The SMILES string of the molecule is [O-][n+]1onc2c3ccccc3ccc21. The summed E-state index contributed by atoms with van der Waals surface area (Å²) < 4.78 is 4.53. The largest absolute Gasteiger partial charge is 0.359 e. The normalized spacial score (nSPS) is 11.1. The van der Waals surface area contributed by atoms with Gasteiger partial charge in [0.05, 0.1) is 0 Å². The van der Waals surface area contributed by atoms with Gasteiger partial charge in [-0.1, -0.05) is 18.2 Å². The zero-order valence-electron chi connectivity index (χ0n) is 7.18. The third kappa shape index (κ3) is 0.821. The monoisotopic (exact) mass is 186 g/mol. The van der Waals surface area contributed by atoms with Crippen LogP contribution in [0, 0.1) is 5.21 Å². The standard InChI is InChI=1S/C10H6N2O2/c13-12-9-6-5-7-3-1-2-4-8(7)10(9)11-14-12/h1-6H. The zero-order valence-corrected chi connectivity index (χ0v) is 7.18. The number of nitrogens with zero attached hydrogens (tertiary/aromatic N) is 2. The Labute approximate surface area is 78.9 Å². The van der Waals surface area contributed by atoms with E-state index in [1.54, 1.807) is 6.07 Å². The lowest BCUT2D eigenvalue weighted by atomic mass is 10.1. The van der Waals surface area contributed by atoms with Crippen LogP contribution in [0.4, 0.5) is 0 Å². The molecule has 14 heavy (non-hydrogen) atoms. The molecule has 0 saturated carbocycles. The van der Waals surface area contributed by atoms with Crippen molar-refractivity contribution in [1.82, 2.24) is 5.16 Å². The summed E-state index contributed by atoms with van der Waals surface area (Å²) >= 11 is 0. The summed E-state index contributed by atoms with van der Waals surface area (Å²) in [6, 6.07) is 11.3. The molecule has 0 radical (unpaired) electrons. The molecule has 0 bridgehead atoms. The average molecular weight is 186 g/mol. The summed E-state index contributed by atoms with van der Waals surface area (Å²) in [4.78, 5) is 0.418. The van der Waals surface area contributed by atoms with Gasteiger partial charge in [-0.05, 0) is 28.5 Å². The lowest BCUT2D eigenvalue weighted by Gasteiger charge is -1.93. The molecule has 4 nitrogen and oxygen atoms in total. The lowest BCUT2D eigenvalue weighted by molar-refractivity contribution is -0.782. The second-order valence-corrected chi connectivity index (χ2v) is 3.08. The van der Waals surface area contributed by atoms with E-state index in [-0.39, 0.29) is 0 Å². The molecule has 68 valence electrons. The van der Waals surface area contributed by atoms with E-state index in [1.807, 2.05) is 30.3 Å². The Hall–Kier alpha value is -2.10. The molecule has 2 aromatic carbocycles. The maximum absolute atomic E-state index is 11.1. The molecule has 0 aliphatic carbocycles. The van der Waals surface area contributed by atoms with Crippen LogP contribution in [0.1, 0.15) is 0 Å². The average Bonchev–Trinajstić information content (AvgIpc) is 2.61. The third-order valence-electron chi connectivity index (χ3n) is 2.28. The van der Waals surface area contributed by atoms with Gasteiger partial charge in [0.15, 0.2) is 0 Å². The van der Waals surface area contributed by atoms with E-state index in [0.29, 0.717) is 15.9 Å². The Morgan fingerprint density at radius 3 is 2.93 bits per heavy atom. The van der Waals surface area contributed by atoms with Crippen molar-refractivity contribution >= 4 is 21.8 Å². The molecular weight excluding hydrogens is 180 g/mol. The highest BCUT2D eigenvalue weighted by Crippen LogP contribution is 2.20. The second kappa shape index (κ2) is 2.45. The molecule has 0 aliphatic rings. The van der Waals surface area contributed by atoms with E-state index >= 15 is 0 Å². The minimum absolute atomic E-state index is 0.418. The molecule has 3 rings (SSSR count). The van der Waals surface area contributed by atoms with Gasteiger partial charge in [-0.25, -0.2) is 0 Å². The molecule has 0 amide bonds. The number of fused-ring (bicyclic) bond motifs is 3. The first-order chi connectivity index (χ1) is 6.86. The van der Waals surface area contributed by atoms with Crippen LogP contribution in [0.25, 0.3) is 21.8 Å². The molecular formula is C10H6N2O2. The Morgan fingerprint density at radius 1 is 1.14 bits per heavy atom. The van der Waals surface area contributed by atoms with Gasteiger partial charge >= 0.3 is 0 Å². The summed E-state index contributed by atoms with van der Waals surface area (Å²) in [7, 11) is 0. The van der Waals surface area contributed by atoms with E-state index in [1.165, 1.54) is 0 Å². The molecule has 0 aliphatic heterocycles. The van der Waals surface area contributed by atoms with Gasteiger partial charge in [0, 0.05) is 10.5 Å². The van der Waals surface area contributed by atoms with Crippen molar-refractivity contribution in [2.45, 2.75) is 0 Å². The Morgan fingerprint density at radius 2 is 2.00 bits per heavy atom. The fourth-order valence-electron chi connectivity index (χ4n) is 1.61. The topological polar surface area (TPSA) is 53.0 Å². The molecule has 0 saturated heterocycles. The Bertz CT molecular complexity index is 616. The summed E-state index contributed by atoms with van der Waals surface area (Å²) in [5, 5.41) is 16.8. The maximum atomic E-state index is 11.1. The van der Waals surface area contributed by atoms with E-state index in [2.05, 4.69) is 9.79 Å². The van der Waals surface area contributed by atoms with Crippen LogP contribution in [0.15, 0.2) is 41.0 Å². The van der Waals surface area contributed by atoms with Crippen LogP contribution >= 0.6 is 0 Å². The van der Waals surface area contributed by atoms with Gasteiger partial charge in [-0.15, -0.1) is 0 Å². The van der Waals surface area contributed by atoms with Crippen LogP contribution in [0.3, 0.4) is 0 Å². The van der Waals surface area contributed by atoms with Crippen molar-refractivity contribution in [2.24, 2.45) is 0 Å². The number of aromatic nitrogens is 2. The molecule has 0 spiro atoms. The van der Waals surface area contributed by atoms with Gasteiger partial charge in [0.25, 0.3) is 5.52 Å². The molecule has 0 atom stereocenters. The Balaban J connectivity index is 2.61. The van der Waals surface area contributed by atoms with Gasteiger partial charge in [-0.3, -0.25) is 4.63 Å². The van der Waals surface area contributed by atoms with E-state index in [9.17, 15) is 5.21 Å². The number of benzene rings is 2. The Kier molecular flexibility index (Phi) is 1.28. The molecule has 0 fully saturated rings. The zero-order chi connectivity index (χ0) is 9.54. The lowest BCUT2D eigenvalue weighted by Crippen LogP contribution is -2.22. The molecule has 1 aromatic heterocycles. The van der Waals surface area contributed by atoms with Crippen LogP contribution in [0.2, 0.25) is 0 Å². The highest BCUT2D eigenvalue weighted by molar-refractivity contribution is 6.02. The third-order valence-corrected chi connectivity index (χ3v) is 2.28. The van der Waals surface area contributed by atoms with Gasteiger partial charge in [0.2, 0.25) is 5.52 Å². The highest BCUT2D eigenvalue weighted by Gasteiger charge is 2.11. The van der Waals surface area contributed by atoms with Gasteiger partial charge in [0.1, 0.15) is 0 Å². The van der Waals surface area contributed by atoms with Crippen molar-refractivity contribution in [2.75, 3.05) is 0 Å². The van der Waals surface area contributed by atoms with E-state index < -0.39 is 0 Å². The van der Waals surface area contributed by atoms with E-state index in [0.717, 1.165) is 10.8 Å². The first kappa shape index (κ1) is 7.32. The fourth-order valence-corrected chi connectivity index (χ4v) is 1.61. The minimum atomic E-state index is 0.418. The molecule has 4 heteroatoms. The van der Waals surface area contributed by atoms with Crippen molar-refractivity contribution in [3.05, 3.63) is 41.6 Å². The fraction of sp³-hybridized carbons (Fsp3) is 0. The molecule has 3 aromatic rings. The predicted octanol–water partition coefficient (Wildman–Crippen LogP) is 1.61. The van der Waals surface area contributed by atoms with Crippen LogP contribution < -0.4 is 4.90 Å². The van der Waals surface area contributed by atoms with Crippen molar-refractivity contribution in [3.8, 4) is 0 Å². The van der Waals surface area contributed by atoms with Crippen LogP contribution in [-0.2, 0) is 0 Å². The second-order valence-electron chi connectivity index (χ2n) is 3.08. The summed E-state index contributed by atoms with van der Waals surface area (Å²) in [6.07, 6.45) is 0. The summed E-state index contributed by atoms with van der Waals surface area (Å²) in [6.45, 7) is 0. The predicted molar refractivity (Wildman–Crippen MR) is 50.5 cm³/mol. The highest BCUT2D eigenvalue weighted by atomic mass is 16.8. The van der Waals surface area contributed by atoms with Crippen molar-refractivity contribution in [3.63, 3.8) is 0 Å². The van der Waals surface area contributed by atoms with Crippen LogP contribution in [-0.4, -0.2) is 5.16 Å². The quantitative estimate of drug-likeness (QED) is 0.501. The summed E-state index contributed by atoms with van der Waals surface area (Å²) in [5.74, 6) is 0. The first-order valence-corrected chi connectivity index (χ1v) is 4.23. The number of rotatable bonds is 0. The van der Waals surface area contributed by atoms with Gasteiger partial charge in [-0.2, -0.15) is 0 Å². The van der Waals surface area contributed by atoms with Crippen LogP contribution in [0.5, 0.6) is 0 Å². The smallest absolute Gasteiger partial charge is 0.256 e. The van der Waals surface area contributed by atoms with Crippen molar-refractivity contribution in [1.29, 1.82) is 0 Å². The summed E-state index contributed by atoms with van der Waals surface area (Å²) in [5.41, 5.74) is 1.07. The maximum Gasteiger partial charge on any atom is 0.256 e. The van der Waals surface area contributed by atoms with E-state index in [4.69, 9.17) is 0 Å². The molecule has 1 heterocycles. The number of hydrogen-bond acceptors (Lipinski definition) is 3. The van der Waals surface area contributed by atoms with Crippen molar-refractivity contribution < 1.29 is 9.53 Å².